The van der Waals surface area contributed by atoms with Gasteiger partial charge in [-0.05, 0) is 42.9 Å². The summed E-state index contributed by atoms with van der Waals surface area (Å²) in [5.74, 6) is 1.58. The van der Waals surface area contributed by atoms with Gasteiger partial charge >= 0.3 is 0 Å². The van der Waals surface area contributed by atoms with E-state index in [1.807, 2.05) is 6.07 Å². The van der Waals surface area contributed by atoms with Crippen molar-refractivity contribution in [2.75, 3.05) is 7.11 Å². The second-order valence-corrected chi connectivity index (χ2v) is 4.40. The topological polar surface area (TPSA) is 35.2 Å². The summed E-state index contributed by atoms with van der Waals surface area (Å²) >= 11 is 0. The third kappa shape index (κ3) is 3.13. The number of rotatable bonds is 2. The van der Waals surface area contributed by atoms with Crippen LogP contribution in [0.15, 0.2) is 24.3 Å². The fraction of sp³-hybridized carbons (Fsp3) is 0.538. The van der Waals surface area contributed by atoms with Gasteiger partial charge in [0.1, 0.15) is 5.75 Å². The lowest BCUT2D eigenvalue weighted by Gasteiger charge is -2.27. The highest BCUT2D eigenvalue weighted by atomic mass is 35.5. The Kier molecular flexibility index (Phi) is 5.10. The van der Waals surface area contributed by atoms with Crippen LogP contribution in [0.5, 0.6) is 5.75 Å². The zero-order valence-electron chi connectivity index (χ0n) is 9.69. The Bertz CT molecular complexity index is 329. The van der Waals surface area contributed by atoms with E-state index in [0.717, 1.165) is 12.2 Å². The summed E-state index contributed by atoms with van der Waals surface area (Å²) in [5.41, 5.74) is 7.38. The summed E-state index contributed by atoms with van der Waals surface area (Å²) in [7, 11) is 1.71. The Morgan fingerprint density at radius 3 is 2.81 bits per heavy atom. The molecule has 0 aliphatic heterocycles. The molecule has 0 radical (unpaired) electrons. The predicted octanol–water partition coefficient (Wildman–Crippen LogP) is 3.10. The van der Waals surface area contributed by atoms with Gasteiger partial charge in [0.2, 0.25) is 0 Å². The molecule has 0 heterocycles. The molecule has 0 saturated heterocycles. The fourth-order valence-electron chi connectivity index (χ4n) is 2.43. The summed E-state index contributed by atoms with van der Waals surface area (Å²) in [6.45, 7) is 0. The van der Waals surface area contributed by atoms with Crippen molar-refractivity contribution in [2.24, 2.45) is 5.73 Å². The lowest BCUT2D eigenvalue weighted by Crippen LogP contribution is -2.26. The molecule has 2 atom stereocenters. The SMILES string of the molecule is COc1cccc(C2CCCC(N)C2)c1.Cl. The predicted molar refractivity (Wildman–Crippen MR) is 69.4 cm³/mol. The van der Waals surface area contributed by atoms with E-state index in [0.29, 0.717) is 12.0 Å². The largest absolute Gasteiger partial charge is 0.497 e. The fourth-order valence-corrected chi connectivity index (χ4v) is 2.43. The van der Waals surface area contributed by atoms with Gasteiger partial charge in [-0.25, -0.2) is 0 Å². The molecule has 90 valence electrons. The minimum absolute atomic E-state index is 0. The summed E-state index contributed by atoms with van der Waals surface area (Å²) in [5, 5.41) is 0. The maximum absolute atomic E-state index is 6.00. The van der Waals surface area contributed by atoms with Crippen LogP contribution in [0, 0.1) is 0 Å². The molecular formula is C13H20ClNO. The average Bonchev–Trinajstić information content (AvgIpc) is 2.29. The van der Waals surface area contributed by atoms with Crippen molar-refractivity contribution in [2.45, 2.75) is 37.6 Å². The Balaban J connectivity index is 0.00000128. The van der Waals surface area contributed by atoms with E-state index in [2.05, 4.69) is 18.2 Å². The van der Waals surface area contributed by atoms with Crippen LogP contribution in [0.4, 0.5) is 0 Å². The van der Waals surface area contributed by atoms with E-state index >= 15 is 0 Å². The lowest BCUT2D eigenvalue weighted by molar-refractivity contribution is 0.388. The molecule has 1 aromatic rings. The smallest absolute Gasteiger partial charge is 0.119 e. The number of benzene rings is 1. The highest BCUT2D eigenvalue weighted by molar-refractivity contribution is 5.85. The molecule has 0 spiro atoms. The first-order chi connectivity index (χ1) is 7.29. The van der Waals surface area contributed by atoms with Crippen molar-refractivity contribution in [3.05, 3.63) is 29.8 Å². The third-order valence-corrected chi connectivity index (χ3v) is 3.28. The second-order valence-electron chi connectivity index (χ2n) is 4.40. The maximum Gasteiger partial charge on any atom is 0.119 e. The Morgan fingerprint density at radius 1 is 1.31 bits per heavy atom. The summed E-state index contributed by atoms with van der Waals surface area (Å²) < 4.78 is 5.24. The van der Waals surface area contributed by atoms with Crippen LogP contribution in [0.25, 0.3) is 0 Å². The van der Waals surface area contributed by atoms with Gasteiger partial charge < -0.3 is 10.5 Å². The van der Waals surface area contributed by atoms with E-state index in [-0.39, 0.29) is 12.4 Å². The van der Waals surface area contributed by atoms with Gasteiger partial charge in [0, 0.05) is 6.04 Å². The van der Waals surface area contributed by atoms with Crippen molar-refractivity contribution in [3.8, 4) is 5.75 Å². The van der Waals surface area contributed by atoms with Gasteiger partial charge in [-0.2, -0.15) is 0 Å². The molecular weight excluding hydrogens is 222 g/mol. The molecule has 2 N–H and O–H groups in total. The summed E-state index contributed by atoms with van der Waals surface area (Å²) in [6.07, 6.45) is 4.82. The van der Waals surface area contributed by atoms with Crippen molar-refractivity contribution in [1.82, 2.24) is 0 Å². The number of halogens is 1. The molecule has 16 heavy (non-hydrogen) atoms. The minimum Gasteiger partial charge on any atom is -0.497 e. The Morgan fingerprint density at radius 2 is 2.12 bits per heavy atom. The quantitative estimate of drug-likeness (QED) is 0.864. The van der Waals surface area contributed by atoms with Gasteiger partial charge in [0.05, 0.1) is 7.11 Å². The minimum atomic E-state index is 0. The highest BCUT2D eigenvalue weighted by Gasteiger charge is 2.20. The van der Waals surface area contributed by atoms with Gasteiger partial charge in [0.15, 0.2) is 0 Å². The number of nitrogens with two attached hydrogens (primary N) is 1. The molecule has 1 saturated carbocycles. The molecule has 2 unspecified atom stereocenters. The van der Waals surface area contributed by atoms with E-state index in [4.69, 9.17) is 10.5 Å². The van der Waals surface area contributed by atoms with Gasteiger partial charge in [-0.1, -0.05) is 18.6 Å². The molecule has 2 rings (SSSR count). The molecule has 1 aliphatic carbocycles. The maximum atomic E-state index is 6.00. The van der Waals surface area contributed by atoms with Crippen LogP contribution < -0.4 is 10.5 Å². The zero-order chi connectivity index (χ0) is 10.7. The summed E-state index contributed by atoms with van der Waals surface area (Å²) in [6, 6.07) is 8.77. The molecule has 1 aromatic carbocycles. The standard InChI is InChI=1S/C13H19NO.ClH/c1-15-13-7-3-5-11(9-13)10-4-2-6-12(14)8-10;/h3,5,7,9-10,12H,2,4,6,8,14H2,1H3;1H. The van der Waals surface area contributed by atoms with Crippen LogP contribution in [-0.4, -0.2) is 13.2 Å². The monoisotopic (exact) mass is 241 g/mol. The number of hydrogen-bond donors (Lipinski definition) is 1. The van der Waals surface area contributed by atoms with Crippen molar-refractivity contribution >= 4 is 12.4 Å². The zero-order valence-corrected chi connectivity index (χ0v) is 10.5. The van der Waals surface area contributed by atoms with Crippen LogP contribution >= 0.6 is 12.4 Å². The molecule has 2 nitrogen and oxygen atoms in total. The number of ether oxygens (including phenoxy) is 1. The highest BCUT2D eigenvalue weighted by Crippen LogP contribution is 2.33. The van der Waals surface area contributed by atoms with E-state index in [9.17, 15) is 0 Å². The van der Waals surface area contributed by atoms with Crippen LogP contribution in [-0.2, 0) is 0 Å². The Hall–Kier alpha value is -0.730. The summed E-state index contributed by atoms with van der Waals surface area (Å²) in [4.78, 5) is 0. The molecule has 0 bridgehead atoms. The van der Waals surface area contributed by atoms with Gasteiger partial charge in [0.25, 0.3) is 0 Å². The van der Waals surface area contributed by atoms with E-state index < -0.39 is 0 Å². The Labute approximate surface area is 104 Å². The van der Waals surface area contributed by atoms with Crippen LogP contribution in [0.2, 0.25) is 0 Å². The molecule has 1 aliphatic rings. The molecule has 3 heteroatoms. The first kappa shape index (κ1) is 13.3. The van der Waals surface area contributed by atoms with Crippen LogP contribution in [0.3, 0.4) is 0 Å². The second kappa shape index (κ2) is 6.12. The van der Waals surface area contributed by atoms with Crippen molar-refractivity contribution in [1.29, 1.82) is 0 Å². The number of methoxy groups -OCH3 is 1. The van der Waals surface area contributed by atoms with E-state index in [1.165, 1.54) is 24.8 Å². The molecule has 0 aromatic heterocycles. The van der Waals surface area contributed by atoms with Crippen LogP contribution in [0.1, 0.15) is 37.2 Å². The van der Waals surface area contributed by atoms with Gasteiger partial charge in [-0.15, -0.1) is 12.4 Å². The average molecular weight is 242 g/mol. The van der Waals surface area contributed by atoms with Crippen molar-refractivity contribution < 1.29 is 4.74 Å². The van der Waals surface area contributed by atoms with E-state index in [1.54, 1.807) is 7.11 Å². The third-order valence-electron chi connectivity index (χ3n) is 3.28. The molecule has 0 amide bonds. The molecule has 1 fully saturated rings. The van der Waals surface area contributed by atoms with Gasteiger partial charge in [-0.3, -0.25) is 0 Å². The lowest BCUT2D eigenvalue weighted by atomic mass is 9.82. The number of hydrogen-bond acceptors (Lipinski definition) is 2. The van der Waals surface area contributed by atoms with Crippen molar-refractivity contribution in [3.63, 3.8) is 0 Å². The first-order valence-electron chi connectivity index (χ1n) is 5.69. The normalized spacial score (nSPS) is 24.6. The first-order valence-corrected chi connectivity index (χ1v) is 5.69.